The molecule has 0 heterocycles. The average Bonchev–Trinajstić information content (AvgIpc) is 2.61. The van der Waals surface area contributed by atoms with Crippen LogP contribution in [0.3, 0.4) is 0 Å². The van der Waals surface area contributed by atoms with Crippen LogP contribution >= 0.6 is 0 Å². The van der Waals surface area contributed by atoms with Gasteiger partial charge in [-0.05, 0) is 49.4 Å². The van der Waals surface area contributed by atoms with Gasteiger partial charge < -0.3 is 16.0 Å². The number of benzene rings is 2. The summed E-state index contributed by atoms with van der Waals surface area (Å²) in [7, 11) is 0. The van der Waals surface area contributed by atoms with Crippen LogP contribution in [0.4, 0.5) is 42.5 Å². The Kier molecular flexibility index (Phi) is 6.40. The maximum absolute atomic E-state index is 12.9. The number of amides is 3. The Labute approximate surface area is 161 Å². The third-order valence-electron chi connectivity index (χ3n) is 3.65. The molecule has 0 saturated carbocycles. The van der Waals surface area contributed by atoms with Gasteiger partial charge in [0.05, 0.1) is 22.4 Å². The molecule has 0 spiro atoms. The SMILES string of the molecule is CCNC(=O)c1cc(C(F)(F)F)ccc1NC(=O)Nc1ccc(C(F)(F)F)cc1. The molecule has 0 aliphatic heterocycles. The molecular weight excluding hydrogens is 404 g/mol. The standard InChI is InChI=1S/C18H15F6N3O2/c1-2-25-15(28)13-9-11(18(22,23)24)5-8-14(13)27-16(29)26-12-6-3-10(4-7-12)17(19,20)21/h3-9H,2H2,1H3,(H,25,28)(H2,26,27,29). The van der Waals surface area contributed by atoms with Crippen LogP contribution in [-0.2, 0) is 12.4 Å². The van der Waals surface area contributed by atoms with Crippen LogP contribution in [0.15, 0.2) is 42.5 Å². The molecule has 0 fully saturated rings. The van der Waals surface area contributed by atoms with Crippen molar-refractivity contribution < 1.29 is 35.9 Å². The van der Waals surface area contributed by atoms with Crippen LogP contribution in [0.1, 0.15) is 28.4 Å². The van der Waals surface area contributed by atoms with Crippen molar-refractivity contribution in [1.29, 1.82) is 0 Å². The lowest BCUT2D eigenvalue weighted by molar-refractivity contribution is -0.138. The van der Waals surface area contributed by atoms with Crippen molar-refractivity contribution in [3.05, 3.63) is 59.2 Å². The molecule has 0 atom stereocenters. The number of carbonyl (C=O) groups is 2. The van der Waals surface area contributed by atoms with Crippen molar-refractivity contribution in [2.75, 3.05) is 17.2 Å². The van der Waals surface area contributed by atoms with Gasteiger partial charge in [0.25, 0.3) is 5.91 Å². The first-order valence-electron chi connectivity index (χ1n) is 8.16. The normalized spacial score (nSPS) is 11.7. The Bertz CT molecular complexity index is 892. The van der Waals surface area contributed by atoms with Crippen molar-refractivity contribution in [2.45, 2.75) is 19.3 Å². The average molecular weight is 419 g/mol. The Hall–Kier alpha value is -3.24. The van der Waals surface area contributed by atoms with E-state index in [2.05, 4.69) is 16.0 Å². The number of hydrogen-bond acceptors (Lipinski definition) is 2. The lowest BCUT2D eigenvalue weighted by atomic mass is 10.1. The molecule has 156 valence electrons. The van der Waals surface area contributed by atoms with Crippen molar-refractivity contribution in [1.82, 2.24) is 5.32 Å². The first-order valence-corrected chi connectivity index (χ1v) is 8.16. The fourth-order valence-electron chi connectivity index (χ4n) is 2.30. The minimum absolute atomic E-state index is 0.0157. The number of rotatable bonds is 4. The highest BCUT2D eigenvalue weighted by Crippen LogP contribution is 2.32. The van der Waals surface area contributed by atoms with E-state index in [1.54, 1.807) is 6.92 Å². The number of carbonyl (C=O) groups excluding carboxylic acids is 2. The Morgan fingerprint density at radius 1 is 0.828 bits per heavy atom. The fraction of sp³-hybridized carbons (Fsp3) is 0.222. The highest BCUT2D eigenvalue weighted by atomic mass is 19.4. The summed E-state index contributed by atoms with van der Waals surface area (Å²) in [5.74, 6) is -0.830. The molecule has 2 aromatic rings. The van der Waals surface area contributed by atoms with Crippen LogP contribution < -0.4 is 16.0 Å². The minimum Gasteiger partial charge on any atom is -0.352 e. The third kappa shape index (κ3) is 5.87. The molecular formula is C18H15F6N3O2. The predicted octanol–water partition coefficient (Wildman–Crippen LogP) is 5.12. The van der Waals surface area contributed by atoms with Crippen molar-refractivity contribution >= 4 is 23.3 Å². The molecule has 2 rings (SSSR count). The molecule has 0 unspecified atom stereocenters. The van der Waals surface area contributed by atoms with E-state index in [1.807, 2.05) is 0 Å². The van der Waals surface area contributed by atoms with Crippen LogP contribution in [0.2, 0.25) is 0 Å². The zero-order chi connectivity index (χ0) is 21.8. The van der Waals surface area contributed by atoms with Crippen LogP contribution in [0.5, 0.6) is 0 Å². The number of anilines is 2. The summed E-state index contributed by atoms with van der Waals surface area (Å²) in [6.45, 7) is 1.71. The first-order chi connectivity index (χ1) is 13.4. The predicted molar refractivity (Wildman–Crippen MR) is 93.5 cm³/mol. The Morgan fingerprint density at radius 3 is 1.90 bits per heavy atom. The summed E-state index contributed by atoms with van der Waals surface area (Å²) in [5.41, 5.74) is -2.59. The summed E-state index contributed by atoms with van der Waals surface area (Å²) in [6.07, 6.45) is -9.23. The topological polar surface area (TPSA) is 70.2 Å². The van der Waals surface area contributed by atoms with Gasteiger partial charge in [0.15, 0.2) is 0 Å². The summed E-state index contributed by atoms with van der Waals surface area (Å²) in [6, 6.07) is 4.80. The highest BCUT2D eigenvalue weighted by Gasteiger charge is 2.32. The zero-order valence-electron chi connectivity index (χ0n) is 14.8. The minimum atomic E-state index is -4.69. The zero-order valence-corrected chi connectivity index (χ0v) is 14.8. The van der Waals surface area contributed by atoms with Crippen molar-refractivity contribution in [2.24, 2.45) is 0 Å². The number of hydrogen-bond donors (Lipinski definition) is 3. The molecule has 2 aromatic carbocycles. The van der Waals surface area contributed by atoms with Gasteiger partial charge >= 0.3 is 18.4 Å². The molecule has 5 nitrogen and oxygen atoms in total. The molecule has 0 aromatic heterocycles. The summed E-state index contributed by atoms with van der Waals surface area (Å²) in [5, 5.41) is 6.80. The first kappa shape index (κ1) is 22.1. The molecule has 0 saturated heterocycles. The van der Waals surface area contributed by atoms with E-state index in [0.717, 1.165) is 30.3 Å². The van der Waals surface area contributed by atoms with Crippen LogP contribution in [0, 0.1) is 0 Å². The van der Waals surface area contributed by atoms with Gasteiger partial charge in [0, 0.05) is 12.2 Å². The summed E-state index contributed by atoms with van der Waals surface area (Å²) >= 11 is 0. The number of alkyl halides is 6. The number of nitrogens with one attached hydrogen (secondary N) is 3. The van der Waals surface area contributed by atoms with E-state index in [0.29, 0.717) is 12.1 Å². The Morgan fingerprint density at radius 2 is 1.38 bits per heavy atom. The quantitative estimate of drug-likeness (QED) is 0.603. The van der Waals surface area contributed by atoms with Crippen molar-refractivity contribution in [3.8, 4) is 0 Å². The van der Waals surface area contributed by atoms with Gasteiger partial charge in [-0.1, -0.05) is 0 Å². The van der Waals surface area contributed by atoms with E-state index < -0.39 is 41.0 Å². The van der Waals surface area contributed by atoms with E-state index in [9.17, 15) is 35.9 Å². The second-order valence-corrected chi connectivity index (χ2v) is 5.77. The van der Waals surface area contributed by atoms with Crippen LogP contribution in [-0.4, -0.2) is 18.5 Å². The second-order valence-electron chi connectivity index (χ2n) is 5.77. The summed E-state index contributed by atoms with van der Waals surface area (Å²) in [4.78, 5) is 24.1. The number of urea groups is 1. The van der Waals surface area contributed by atoms with E-state index in [1.165, 1.54) is 0 Å². The van der Waals surface area contributed by atoms with Gasteiger partial charge in [-0.25, -0.2) is 4.79 Å². The second kappa shape index (κ2) is 8.41. The van der Waals surface area contributed by atoms with Gasteiger partial charge in [0.1, 0.15) is 0 Å². The molecule has 3 amide bonds. The van der Waals surface area contributed by atoms with E-state index in [4.69, 9.17) is 0 Å². The van der Waals surface area contributed by atoms with E-state index in [-0.39, 0.29) is 17.9 Å². The monoisotopic (exact) mass is 419 g/mol. The molecule has 0 radical (unpaired) electrons. The van der Waals surface area contributed by atoms with Crippen molar-refractivity contribution in [3.63, 3.8) is 0 Å². The molecule has 0 bridgehead atoms. The highest BCUT2D eigenvalue weighted by molar-refractivity contribution is 6.06. The van der Waals surface area contributed by atoms with E-state index >= 15 is 0 Å². The smallest absolute Gasteiger partial charge is 0.352 e. The molecule has 0 aliphatic rings. The molecule has 29 heavy (non-hydrogen) atoms. The van der Waals surface area contributed by atoms with Gasteiger partial charge in [0.2, 0.25) is 0 Å². The van der Waals surface area contributed by atoms with Gasteiger partial charge in [-0.2, -0.15) is 26.3 Å². The molecule has 3 N–H and O–H groups in total. The third-order valence-corrected chi connectivity index (χ3v) is 3.65. The van der Waals surface area contributed by atoms with Gasteiger partial charge in [-0.3, -0.25) is 4.79 Å². The lowest BCUT2D eigenvalue weighted by Gasteiger charge is -2.15. The molecule has 0 aliphatic carbocycles. The summed E-state index contributed by atoms with van der Waals surface area (Å²) < 4.78 is 76.4. The lowest BCUT2D eigenvalue weighted by Crippen LogP contribution is -2.27. The fourth-order valence-corrected chi connectivity index (χ4v) is 2.30. The number of halogens is 6. The Balaban J connectivity index is 2.21. The maximum atomic E-state index is 12.9. The van der Waals surface area contributed by atoms with Gasteiger partial charge in [-0.15, -0.1) is 0 Å². The maximum Gasteiger partial charge on any atom is 0.416 e. The van der Waals surface area contributed by atoms with Crippen LogP contribution in [0.25, 0.3) is 0 Å². The molecule has 11 heteroatoms. The largest absolute Gasteiger partial charge is 0.416 e.